The normalized spacial score (nSPS) is 15.4. The Balaban J connectivity index is 1.06. The average molecular weight is 852 g/mol. The highest BCUT2D eigenvalue weighted by Crippen LogP contribution is 2.38. The average Bonchev–Trinajstić information content (AvgIpc) is 3.63. The van der Waals surface area contributed by atoms with Gasteiger partial charge in [-0.1, -0.05) is 104 Å². The van der Waals surface area contributed by atoms with Crippen LogP contribution in [0.15, 0.2) is 134 Å². The minimum absolute atomic E-state index is 0.0332. The van der Waals surface area contributed by atoms with E-state index in [0.717, 1.165) is 88.1 Å². The molecule has 0 bridgehead atoms. The van der Waals surface area contributed by atoms with Crippen LogP contribution < -0.4 is 26.2 Å². The molecule has 11 heteroatoms. The molecule has 4 amide bonds. The number of likely N-dealkylation sites (N-methyl/N-ethyl adjacent to an activating group) is 2. The van der Waals surface area contributed by atoms with Gasteiger partial charge in [0.25, 0.3) is 11.8 Å². The third-order valence-corrected chi connectivity index (χ3v) is 10.9. The fourth-order valence-electron chi connectivity index (χ4n) is 7.12. The van der Waals surface area contributed by atoms with Crippen LogP contribution in [0.3, 0.4) is 0 Å². The van der Waals surface area contributed by atoms with Crippen LogP contribution in [0.4, 0.5) is 17.1 Å². The lowest BCUT2D eigenvalue weighted by Crippen LogP contribution is -2.48. The first-order chi connectivity index (χ1) is 30.7. The predicted octanol–water partition coefficient (Wildman–Crippen LogP) is 8.60. The van der Waals surface area contributed by atoms with Crippen LogP contribution in [0.25, 0.3) is 11.3 Å². The van der Waals surface area contributed by atoms with E-state index in [9.17, 15) is 19.2 Å². The molecule has 4 N–H and O–H groups in total. The standard InChI is InChI=1S/C52H65N7O4/c1-4-5-6-7-8-9-10-11-12-13-14-15-16-17-18-19-23-26-47(60)53-33-34-54-51(62)42-27-32-45-46(39-42)56-52(63)49(45)50(41-24-21-20-22-25-41)55-43-28-30-44(31-29-43)58(3)48(61)40-59-37-35-57(2)36-38-59/h5-6,8-9,11-12,14-15,17-18,20-22,24-25,27-32,39,55H,4,7,10,13,16,19,23,26,33-38,40H2,1-3H3,(H,53,60)(H,54,62)(H,56,63)/b6-5-,9-8-,12-11-,15-14-,18-17-,50-49-. The van der Waals surface area contributed by atoms with Crippen molar-refractivity contribution in [2.45, 2.75) is 58.3 Å². The Bertz CT molecular complexity index is 2150. The summed E-state index contributed by atoms with van der Waals surface area (Å²) < 4.78 is 0. The second-order valence-corrected chi connectivity index (χ2v) is 15.7. The van der Waals surface area contributed by atoms with Gasteiger partial charge >= 0.3 is 0 Å². The lowest BCUT2D eigenvalue weighted by Gasteiger charge is -2.32. The van der Waals surface area contributed by atoms with Crippen LogP contribution in [-0.2, 0) is 14.4 Å². The van der Waals surface area contributed by atoms with Crippen molar-refractivity contribution in [3.63, 3.8) is 0 Å². The fraction of sp³-hybridized carbons (Fsp3) is 0.346. The van der Waals surface area contributed by atoms with E-state index in [2.05, 4.69) is 106 Å². The van der Waals surface area contributed by atoms with E-state index in [1.165, 1.54) is 0 Å². The molecule has 3 aromatic carbocycles. The van der Waals surface area contributed by atoms with E-state index >= 15 is 0 Å². The number of piperazine rings is 1. The zero-order chi connectivity index (χ0) is 44.7. The van der Waals surface area contributed by atoms with E-state index in [1.807, 2.05) is 54.6 Å². The molecular weight excluding hydrogens is 787 g/mol. The zero-order valence-corrected chi connectivity index (χ0v) is 37.3. The highest BCUT2D eigenvalue weighted by atomic mass is 16.2. The molecular formula is C52H65N7O4. The largest absolute Gasteiger partial charge is 0.354 e. The molecule has 332 valence electrons. The second kappa shape index (κ2) is 26.2. The Morgan fingerprint density at radius 2 is 1.35 bits per heavy atom. The van der Waals surface area contributed by atoms with E-state index in [1.54, 1.807) is 30.1 Å². The van der Waals surface area contributed by atoms with Crippen molar-refractivity contribution in [2.75, 3.05) is 75.4 Å². The summed E-state index contributed by atoms with van der Waals surface area (Å²) in [5, 5.41) is 12.2. The molecule has 0 radical (unpaired) electrons. The smallest absolute Gasteiger partial charge is 0.258 e. The van der Waals surface area contributed by atoms with E-state index in [4.69, 9.17) is 0 Å². The van der Waals surface area contributed by atoms with Crippen LogP contribution >= 0.6 is 0 Å². The van der Waals surface area contributed by atoms with Crippen molar-refractivity contribution in [1.82, 2.24) is 20.4 Å². The molecule has 2 aliphatic rings. The minimum Gasteiger partial charge on any atom is -0.354 e. The van der Waals surface area contributed by atoms with Crippen molar-refractivity contribution < 1.29 is 19.2 Å². The van der Waals surface area contributed by atoms with Gasteiger partial charge in [-0.15, -0.1) is 0 Å². The number of nitrogens with zero attached hydrogens (tertiary/aromatic N) is 3. The van der Waals surface area contributed by atoms with Gasteiger partial charge in [0.2, 0.25) is 11.8 Å². The first-order valence-corrected chi connectivity index (χ1v) is 22.3. The van der Waals surface area contributed by atoms with Gasteiger partial charge in [0, 0.05) is 80.9 Å². The first-order valence-electron chi connectivity index (χ1n) is 22.3. The molecule has 0 saturated carbocycles. The summed E-state index contributed by atoms with van der Waals surface area (Å²) in [5.74, 6) is -0.602. The molecule has 2 heterocycles. The highest BCUT2D eigenvalue weighted by molar-refractivity contribution is 6.37. The Morgan fingerprint density at radius 1 is 0.730 bits per heavy atom. The Morgan fingerprint density at radius 3 is 2.00 bits per heavy atom. The highest BCUT2D eigenvalue weighted by Gasteiger charge is 2.29. The number of fused-ring (bicyclic) bond motifs is 1. The Hall–Kier alpha value is -6.30. The number of hydrogen-bond acceptors (Lipinski definition) is 7. The maximum absolute atomic E-state index is 13.6. The van der Waals surface area contributed by atoms with Gasteiger partial charge in [-0.2, -0.15) is 0 Å². The summed E-state index contributed by atoms with van der Waals surface area (Å²) in [4.78, 5) is 58.3. The van der Waals surface area contributed by atoms with Crippen LogP contribution in [0.2, 0.25) is 0 Å². The van der Waals surface area contributed by atoms with Crippen molar-refractivity contribution in [3.05, 3.63) is 150 Å². The molecule has 11 nitrogen and oxygen atoms in total. The number of carbonyl (C=O) groups is 4. The van der Waals surface area contributed by atoms with Gasteiger partial charge in [-0.3, -0.25) is 24.1 Å². The number of carbonyl (C=O) groups excluding carboxylic acids is 4. The molecule has 1 saturated heterocycles. The van der Waals surface area contributed by atoms with E-state index < -0.39 is 0 Å². The van der Waals surface area contributed by atoms with Gasteiger partial charge in [-0.25, -0.2) is 0 Å². The molecule has 2 aliphatic heterocycles. The number of rotatable bonds is 23. The summed E-state index contributed by atoms with van der Waals surface area (Å²) in [5.41, 5.74) is 5.02. The summed E-state index contributed by atoms with van der Waals surface area (Å²) in [6.45, 7) is 6.75. The zero-order valence-electron chi connectivity index (χ0n) is 37.3. The molecule has 0 atom stereocenters. The first kappa shape index (κ1) is 47.7. The van der Waals surface area contributed by atoms with Gasteiger partial charge in [0.05, 0.1) is 17.8 Å². The molecule has 0 spiro atoms. The second-order valence-electron chi connectivity index (χ2n) is 15.7. The number of allylic oxidation sites excluding steroid dienone is 10. The molecule has 1 fully saturated rings. The fourth-order valence-corrected chi connectivity index (χ4v) is 7.12. The maximum atomic E-state index is 13.6. The molecule has 0 aliphatic carbocycles. The summed E-state index contributed by atoms with van der Waals surface area (Å²) >= 11 is 0. The predicted molar refractivity (Wildman–Crippen MR) is 259 cm³/mol. The van der Waals surface area contributed by atoms with Gasteiger partial charge in [-0.05, 0) is 94.0 Å². The van der Waals surface area contributed by atoms with Crippen molar-refractivity contribution in [1.29, 1.82) is 0 Å². The van der Waals surface area contributed by atoms with Crippen molar-refractivity contribution >= 4 is 52.0 Å². The SMILES string of the molecule is CC/C=C\C/C=C\C/C=C\C/C=C\C/C=C\CCCC(=O)NCCNC(=O)c1ccc2c(c1)NC(=O)/C2=C(\Nc1ccc(N(C)C(=O)CN2CCN(C)CC2)cc1)c1ccccc1. The lowest BCUT2D eigenvalue weighted by atomic mass is 9.99. The summed E-state index contributed by atoms with van der Waals surface area (Å²) in [7, 11) is 3.89. The molecule has 3 aromatic rings. The van der Waals surface area contributed by atoms with Crippen molar-refractivity contribution in [3.8, 4) is 0 Å². The topological polar surface area (TPSA) is 126 Å². The van der Waals surface area contributed by atoms with Gasteiger partial charge in [0.1, 0.15) is 0 Å². The van der Waals surface area contributed by atoms with Crippen LogP contribution in [0.5, 0.6) is 0 Å². The minimum atomic E-state index is -0.300. The monoisotopic (exact) mass is 852 g/mol. The third kappa shape index (κ3) is 15.8. The van der Waals surface area contributed by atoms with E-state index in [-0.39, 0.29) is 30.2 Å². The van der Waals surface area contributed by atoms with Crippen LogP contribution in [-0.4, -0.2) is 93.3 Å². The number of anilines is 3. The number of amides is 4. The lowest BCUT2D eigenvalue weighted by molar-refractivity contribution is -0.121. The molecule has 0 aromatic heterocycles. The van der Waals surface area contributed by atoms with Crippen molar-refractivity contribution in [2.24, 2.45) is 0 Å². The Labute approximate surface area is 374 Å². The van der Waals surface area contributed by atoms with Crippen LogP contribution in [0, 0.1) is 0 Å². The number of benzene rings is 3. The quantitative estimate of drug-likeness (QED) is 0.0428. The van der Waals surface area contributed by atoms with E-state index in [0.29, 0.717) is 47.6 Å². The number of nitrogens with one attached hydrogen (secondary N) is 4. The third-order valence-electron chi connectivity index (χ3n) is 10.9. The number of unbranched alkanes of at least 4 members (excludes halogenated alkanes) is 1. The molecule has 5 rings (SSSR count). The Kier molecular flexibility index (Phi) is 19.9. The van der Waals surface area contributed by atoms with Gasteiger partial charge < -0.3 is 31.1 Å². The number of hydrogen-bond donors (Lipinski definition) is 4. The maximum Gasteiger partial charge on any atom is 0.258 e. The van der Waals surface area contributed by atoms with Gasteiger partial charge in [0.15, 0.2) is 0 Å². The molecule has 63 heavy (non-hydrogen) atoms. The molecule has 0 unspecified atom stereocenters. The summed E-state index contributed by atoms with van der Waals surface area (Å²) in [6.07, 6.45) is 28.6. The summed E-state index contributed by atoms with van der Waals surface area (Å²) in [6, 6.07) is 22.4. The van der Waals surface area contributed by atoms with Crippen LogP contribution in [0.1, 0.15) is 79.8 Å².